The molecule has 0 spiro atoms. The molecule has 0 unspecified atom stereocenters. The summed E-state index contributed by atoms with van der Waals surface area (Å²) in [5.41, 5.74) is 3.51. The average Bonchev–Trinajstić information content (AvgIpc) is 3.74. The highest BCUT2D eigenvalue weighted by atomic mass is 16.5. The van der Waals surface area contributed by atoms with E-state index in [-0.39, 0.29) is 11.9 Å². The number of rotatable bonds is 17. The number of likely N-dealkylation sites (tertiary alicyclic amines) is 1. The zero-order chi connectivity index (χ0) is 31.6. The lowest BCUT2D eigenvalue weighted by Crippen LogP contribution is -2.36. The molecular formula is C35H51BN4O5. The molecular weight excluding hydrogens is 567 g/mol. The molecule has 0 aliphatic carbocycles. The first-order valence-corrected chi connectivity index (χ1v) is 17.0. The molecule has 2 fully saturated rings. The van der Waals surface area contributed by atoms with E-state index < -0.39 is 0 Å². The number of methoxy groups -OCH3 is 2. The molecule has 3 aliphatic heterocycles. The van der Waals surface area contributed by atoms with Crippen LogP contribution in [0.3, 0.4) is 0 Å². The smallest absolute Gasteiger partial charge is 0.256 e. The van der Waals surface area contributed by atoms with Crippen molar-refractivity contribution in [3.8, 4) is 23.0 Å². The Balaban J connectivity index is 1.10. The summed E-state index contributed by atoms with van der Waals surface area (Å²) >= 11 is 0. The lowest BCUT2D eigenvalue weighted by atomic mass is 9.41. The predicted molar refractivity (Wildman–Crippen MR) is 183 cm³/mol. The Morgan fingerprint density at radius 2 is 1.60 bits per heavy atom. The standard InChI is InChI=1S/C35H51BN4O5/c1-5-12-36(13-9-18-44-33-22-29(37-2)26(20-31(33)42-3)25-39-15-6-7-16-39)14-10-19-45-34-23-30-28(21-32(34)43-4)35(41)40-17-8-11-27(40)24-38-30/h20-23,27,38H,2,5-19,24-25H2,1,3-4H3/t27-/m0/s1. The Labute approximate surface area is 269 Å². The Hall–Kier alpha value is -3.40. The fourth-order valence-electron chi connectivity index (χ4n) is 7.12. The van der Waals surface area contributed by atoms with Gasteiger partial charge in [0.2, 0.25) is 0 Å². The van der Waals surface area contributed by atoms with E-state index in [2.05, 4.69) is 34.9 Å². The Morgan fingerprint density at radius 1 is 0.911 bits per heavy atom. The average molecular weight is 619 g/mol. The van der Waals surface area contributed by atoms with Gasteiger partial charge in [-0.15, -0.1) is 0 Å². The summed E-state index contributed by atoms with van der Waals surface area (Å²) in [5, 5.41) is 3.49. The second-order valence-electron chi connectivity index (χ2n) is 12.6. The minimum absolute atomic E-state index is 0.0829. The monoisotopic (exact) mass is 618 g/mol. The van der Waals surface area contributed by atoms with Crippen LogP contribution in [0.4, 0.5) is 11.4 Å². The molecule has 9 nitrogen and oxygen atoms in total. The number of amides is 1. The molecule has 3 aliphatic rings. The van der Waals surface area contributed by atoms with Crippen LogP contribution in [0.2, 0.25) is 19.0 Å². The van der Waals surface area contributed by atoms with Gasteiger partial charge in [0.1, 0.15) is 6.71 Å². The van der Waals surface area contributed by atoms with E-state index in [0.29, 0.717) is 37.0 Å². The van der Waals surface area contributed by atoms with Crippen LogP contribution < -0.4 is 24.3 Å². The van der Waals surface area contributed by atoms with Gasteiger partial charge in [-0.2, -0.15) is 0 Å². The van der Waals surface area contributed by atoms with E-state index in [4.69, 9.17) is 18.9 Å². The first-order chi connectivity index (χ1) is 22.0. The Kier molecular flexibility index (Phi) is 11.9. The summed E-state index contributed by atoms with van der Waals surface area (Å²) in [5.74, 6) is 2.87. The highest BCUT2D eigenvalue weighted by Crippen LogP contribution is 2.38. The van der Waals surface area contributed by atoms with Gasteiger partial charge >= 0.3 is 0 Å². The molecule has 1 atom stereocenters. The Bertz CT molecular complexity index is 1300. The van der Waals surface area contributed by atoms with Gasteiger partial charge in [0, 0.05) is 37.8 Å². The Morgan fingerprint density at radius 3 is 2.27 bits per heavy atom. The molecule has 0 aromatic heterocycles. The van der Waals surface area contributed by atoms with Crippen molar-refractivity contribution < 1.29 is 23.7 Å². The van der Waals surface area contributed by atoms with E-state index in [1.807, 2.05) is 23.1 Å². The van der Waals surface area contributed by atoms with Crippen molar-refractivity contribution in [2.45, 2.75) is 83.4 Å². The van der Waals surface area contributed by atoms with Crippen molar-refractivity contribution in [2.24, 2.45) is 4.99 Å². The van der Waals surface area contributed by atoms with Gasteiger partial charge in [0.25, 0.3) is 5.91 Å². The largest absolute Gasteiger partial charge is 0.493 e. The summed E-state index contributed by atoms with van der Waals surface area (Å²) in [7, 11) is 3.33. The van der Waals surface area contributed by atoms with Crippen LogP contribution in [-0.2, 0) is 6.54 Å². The summed E-state index contributed by atoms with van der Waals surface area (Å²) < 4.78 is 23.8. The van der Waals surface area contributed by atoms with Gasteiger partial charge in [-0.25, -0.2) is 0 Å². The van der Waals surface area contributed by atoms with Gasteiger partial charge in [-0.3, -0.25) is 14.7 Å². The maximum Gasteiger partial charge on any atom is 0.256 e. The number of ether oxygens (including phenoxy) is 4. The van der Waals surface area contributed by atoms with Gasteiger partial charge < -0.3 is 29.2 Å². The minimum atomic E-state index is 0.0829. The van der Waals surface area contributed by atoms with E-state index >= 15 is 0 Å². The van der Waals surface area contributed by atoms with Crippen molar-refractivity contribution in [2.75, 3.05) is 58.9 Å². The van der Waals surface area contributed by atoms with Crippen molar-refractivity contribution >= 4 is 30.7 Å². The molecule has 2 saturated heterocycles. The third-order valence-electron chi connectivity index (χ3n) is 9.55. The van der Waals surface area contributed by atoms with Crippen LogP contribution in [0.25, 0.3) is 0 Å². The van der Waals surface area contributed by atoms with Gasteiger partial charge in [0.15, 0.2) is 23.0 Å². The number of nitrogens with one attached hydrogen (secondary N) is 1. The lowest BCUT2D eigenvalue weighted by Gasteiger charge is -2.21. The molecule has 0 radical (unpaired) electrons. The number of carbonyl (C=O) groups is 1. The van der Waals surface area contributed by atoms with E-state index in [0.717, 1.165) is 106 Å². The van der Waals surface area contributed by atoms with Crippen molar-refractivity contribution in [1.29, 1.82) is 0 Å². The van der Waals surface area contributed by atoms with Gasteiger partial charge in [-0.05, 0) is 76.0 Å². The van der Waals surface area contributed by atoms with Crippen molar-refractivity contribution in [1.82, 2.24) is 9.80 Å². The fourth-order valence-corrected chi connectivity index (χ4v) is 7.12. The van der Waals surface area contributed by atoms with E-state index in [1.165, 1.54) is 19.2 Å². The molecule has 0 bridgehead atoms. The molecule has 2 aromatic rings. The van der Waals surface area contributed by atoms with Crippen molar-refractivity contribution in [3.63, 3.8) is 0 Å². The van der Waals surface area contributed by atoms with Gasteiger partial charge in [0.05, 0.1) is 44.4 Å². The number of hydrogen-bond donors (Lipinski definition) is 1. The molecule has 1 amide bonds. The van der Waals surface area contributed by atoms with Gasteiger partial charge in [-0.1, -0.05) is 32.3 Å². The van der Waals surface area contributed by atoms with Crippen LogP contribution in [0.15, 0.2) is 29.3 Å². The highest BCUT2D eigenvalue weighted by molar-refractivity contribution is 6.58. The number of benzene rings is 2. The lowest BCUT2D eigenvalue weighted by molar-refractivity contribution is 0.0750. The van der Waals surface area contributed by atoms with Crippen molar-refractivity contribution in [3.05, 3.63) is 35.4 Å². The van der Waals surface area contributed by atoms with E-state index in [1.54, 1.807) is 14.2 Å². The predicted octanol–water partition coefficient (Wildman–Crippen LogP) is 6.80. The molecule has 0 saturated carbocycles. The number of hydrogen-bond acceptors (Lipinski definition) is 8. The molecule has 10 heteroatoms. The summed E-state index contributed by atoms with van der Waals surface area (Å²) in [4.78, 5) is 21.9. The number of nitrogens with zero attached hydrogens (tertiary/aromatic N) is 3. The summed E-state index contributed by atoms with van der Waals surface area (Å²) in [6.07, 6.45) is 11.1. The van der Waals surface area contributed by atoms with Crippen LogP contribution in [0.5, 0.6) is 23.0 Å². The van der Waals surface area contributed by atoms with Crippen LogP contribution in [0, 0.1) is 0 Å². The molecule has 5 rings (SSSR count). The second-order valence-corrected chi connectivity index (χ2v) is 12.6. The maximum atomic E-state index is 13.2. The quantitative estimate of drug-likeness (QED) is 0.119. The van der Waals surface area contributed by atoms with Crippen LogP contribution in [0.1, 0.15) is 67.8 Å². The fraction of sp³-hybridized carbons (Fsp3) is 0.600. The molecule has 244 valence electrons. The maximum absolute atomic E-state index is 13.2. The normalized spacial score (nSPS) is 17.7. The van der Waals surface area contributed by atoms with Crippen LogP contribution in [-0.4, -0.2) is 88.8 Å². The number of carbonyl (C=O) groups excluding carboxylic acids is 1. The first kappa shape index (κ1) is 33.0. The first-order valence-electron chi connectivity index (χ1n) is 17.0. The highest BCUT2D eigenvalue weighted by Gasteiger charge is 2.34. The zero-order valence-corrected chi connectivity index (χ0v) is 27.6. The third kappa shape index (κ3) is 8.26. The topological polar surface area (TPSA) is 84.9 Å². The summed E-state index contributed by atoms with van der Waals surface area (Å²) in [6, 6.07) is 8.08. The summed E-state index contributed by atoms with van der Waals surface area (Å²) in [6.45, 7) is 12.6. The van der Waals surface area contributed by atoms with E-state index in [9.17, 15) is 4.79 Å². The number of fused-ring (bicyclic) bond motifs is 2. The molecule has 45 heavy (non-hydrogen) atoms. The minimum Gasteiger partial charge on any atom is -0.493 e. The molecule has 3 heterocycles. The number of anilines is 1. The second kappa shape index (κ2) is 16.3. The number of aliphatic imine (C=N–C) groups is 1. The third-order valence-corrected chi connectivity index (χ3v) is 9.55. The molecule has 1 N–H and O–H groups in total. The van der Waals surface area contributed by atoms with Crippen LogP contribution >= 0.6 is 0 Å². The zero-order valence-electron chi connectivity index (χ0n) is 27.6. The SMILES string of the molecule is C=Nc1cc(OCCCB(CCC)CCCOc2cc3c(cc2OC)C(=O)N2CCC[C@H]2CN3)c(OC)cc1CN1CCCC1. The molecule has 2 aromatic carbocycles.